The molecule has 0 spiro atoms. The molecule has 6 rings (SSSR count). The quantitative estimate of drug-likeness (QED) is 0.720. The maximum Gasteiger partial charge on any atom is 0.226 e. The van der Waals surface area contributed by atoms with E-state index >= 15 is 0 Å². The molecule has 5 aliphatic rings. The highest BCUT2D eigenvalue weighted by molar-refractivity contribution is 5.83. The van der Waals surface area contributed by atoms with Crippen LogP contribution in [0.1, 0.15) is 69.4 Å². The van der Waals surface area contributed by atoms with E-state index in [-0.39, 0.29) is 23.3 Å². The number of rotatable bonds is 6. The van der Waals surface area contributed by atoms with Crippen LogP contribution in [-0.2, 0) is 9.59 Å². The van der Waals surface area contributed by atoms with E-state index in [1.807, 2.05) is 24.3 Å². The lowest BCUT2D eigenvalue weighted by molar-refractivity contribution is -0.146. The van der Waals surface area contributed by atoms with E-state index in [4.69, 9.17) is 4.74 Å². The van der Waals surface area contributed by atoms with E-state index < -0.39 is 0 Å². The Morgan fingerprint density at radius 3 is 2.45 bits per heavy atom. The molecule has 5 nitrogen and oxygen atoms in total. The lowest BCUT2D eigenvalue weighted by atomic mass is 9.49. The van der Waals surface area contributed by atoms with E-state index in [1.165, 1.54) is 19.3 Å². The van der Waals surface area contributed by atoms with Crippen LogP contribution >= 0.6 is 0 Å². The molecule has 5 heteroatoms. The Bertz CT molecular complexity index is 755. The van der Waals surface area contributed by atoms with Gasteiger partial charge in [-0.2, -0.15) is 0 Å². The van der Waals surface area contributed by atoms with Gasteiger partial charge in [0.05, 0.1) is 12.6 Å². The monoisotopic (exact) mass is 396 g/mol. The molecule has 0 radical (unpaired) electrons. The van der Waals surface area contributed by atoms with Crippen LogP contribution < -0.4 is 15.4 Å². The summed E-state index contributed by atoms with van der Waals surface area (Å²) in [5.74, 6) is 3.51. The van der Waals surface area contributed by atoms with E-state index in [9.17, 15) is 9.59 Å². The molecule has 1 aliphatic heterocycles. The molecule has 0 saturated heterocycles. The van der Waals surface area contributed by atoms with E-state index in [0.29, 0.717) is 26.0 Å². The van der Waals surface area contributed by atoms with Gasteiger partial charge in [-0.25, -0.2) is 0 Å². The number of amides is 2. The third kappa shape index (κ3) is 3.76. The van der Waals surface area contributed by atoms with Gasteiger partial charge in [-0.05, 0) is 68.8 Å². The fraction of sp³-hybridized carbons (Fsp3) is 0.667. The Morgan fingerprint density at radius 1 is 1.03 bits per heavy atom. The summed E-state index contributed by atoms with van der Waals surface area (Å²) >= 11 is 0. The van der Waals surface area contributed by atoms with Crippen molar-refractivity contribution in [3.05, 3.63) is 29.8 Å². The number of carbonyl (C=O) groups is 2. The lowest BCUT2D eigenvalue weighted by Gasteiger charge is -2.55. The van der Waals surface area contributed by atoms with Gasteiger partial charge in [0.2, 0.25) is 11.8 Å². The summed E-state index contributed by atoms with van der Waals surface area (Å²) in [4.78, 5) is 25.4. The SMILES string of the molecule is O=C(CCCNC(=O)C12CC3CC(CC(C3)C1)C2)NC1CCOc2ccccc21. The predicted molar refractivity (Wildman–Crippen MR) is 110 cm³/mol. The zero-order valence-corrected chi connectivity index (χ0v) is 17.1. The summed E-state index contributed by atoms with van der Waals surface area (Å²) < 4.78 is 5.66. The summed E-state index contributed by atoms with van der Waals surface area (Å²) in [7, 11) is 0. The number of nitrogens with one attached hydrogen (secondary N) is 2. The average Bonchev–Trinajstić information content (AvgIpc) is 2.70. The molecule has 1 aromatic carbocycles. The largest absolute Gasteiger partial charge is 0.493 e. The van der Waals surface area contributed by atoms with Crippen molar-refractivity contribution in [3.63, 3.8) is 0 Å². The number of carbonyl (C=O) groups excluding carboxylic acids is 2. The van der Waals surface area contributed by atoms with E-state index in [2.05, 4.69) is 10.6 Å². The zero-order chi connectivity index (χ0) is 19.8. The van der Waals surface area contributed by atoms with Gasteiger partial charge in [0.25, 0.3) is 0 Å². The van der Waals surface area contributed by atoms with Gasteiger partial charge < -0.3 is 15.4 Å². The molecule has 4 bridgehead atoms. The highest BCUT2D eigenvalue weighted by Gasteiger charge is 2.54. The van der Waals surface area contributed by atoms with Crippen LogP contribution in [-0.4, -0.2) is 25.0 Å². The number of hydrogen-bond acceptors (Lipinski definition) is 3. The summed E-state index contributed by atoms with van der Waals surface area (Å²) in [5.41, 5.74) is 0.963. The second-order valence-corrected chi connectivity index (χ2v) is 9.85. The molecule has 0 aromatic heterocycles. The minimum absolute atomic E-state index is 0.0223. The molecule has 4 aliphatic carbocycles. The fourth-order valence-corrected chi connectivity index (χ4v) is 6.79. The minimum Gasteiger partial charge on any atom is -0.493 e. The molecule has 1 heterocycles. The van der Waals surface area contributed by atoms with Crippen LogP contribution in [0.3, 0.4) is 0 Å². The summed E-state index contributed by atoms with van der Waals surface area (Å²) in [6, 6.07) is 7.93. The van der Waals surface area contributed by atoms with Gasteiger partial charge in [-0.15, -0.1) is 0 Å². The van der Waals surface area contributed by atoms with Gasteiger partial charge in [0, 0.05) is 30.4 Å². The molecule has 2 amide bonds. The molecule has 156 valence electrons. The van der Waals surface area contributed by atoms with Crippen LogP contribution in [0.15, 0.2) is 24.3 Å². The third-order valence-electron chi connectivity index (χ3n) is 7.68. The fourth-order valence-electron chi connectivity index (χ4n) is 6.79. The Morgan fingerprint density at radius 2 is 1.72 bits per heavy atom. The van der Waals surface area contributed by atoms with Gasteiger partial charge >= 0.3 is 0 Å². The van der Waals surface area contributed by atoms with Crippen LogP contribution in [0.4, 0.5) is 0 Å². The normalized spacial score (nSPS) is 34.2. The van der Waals surface area contributed by atoms with Crippen LogP contribution in [0.5, 0.6) is 5.75 Å². The third-order valence-corrected chi connectivity index (χ3v) is 7.68. The van der Waals surface area contributed by atoms with Gasteiger partial charge in [0.15, 0.2) is 0 Å². The number of hydrogen-bond donors (Lipinski definition) is 2. The second kappa shape index (κ2) is 7.66. The predicted octanol–water partition coefficient (Wildman–Crippen LogP) is 3.74. The standard InChI is InChI=1S/C24H32N2O3/c27-22(26-20-7-9-29-21-5-2-1-4-19(20)21)6-3-8-25-23(28)24-13-16-10-17(14-24)12-18(11-16)15-24/h1-2,4-5,16-18,20H,3,6-15H2,(H,25,28)(H,26,27). The Balaban J connectivity index is 1.08. The van der Waals surface area contributed by atoms with Gasteiger partial charge in [0.1, 0.15) is 5.75 Å². The molecule has 1 unspecified atom stereocenters. The Kier molecular flexibility index (Phi) is 5.00. The minimum atomic E-state index is -0.0944. The molecule has 29 heavy (non-hydrogen) atoms. The first-order valence-corrected chi connectivity index (χ1v) is 11.4. The van der Waals surface area contributed by atoms with Crippen LogP contribution in [0, 0.1) is 23.2 Å². The van der Waals surface area contributed by atoms with E-state index in [1.54, 1.807) is 0 Å². The first kappa shape index (κ1) is 19.0. The molecule has 4 fully saturated rings. The molecule has 1 aromatic rings. The number of benzene rings is 1. The number of fused-ring (bicyclic) bond motifs is 1. The molecular weight excluding hydrogens is 364 g/mol. The summed E-state index contributed by atoms with van der Waals surface area (Å²) in [6.45, 7) is 1.22. The first-order chi connectivity index (χ1) is 14.1. The second-order valence-electron chi connectivity index (χ2n) is 9.85. The van der Waals surface area contributed by atoms with Crippen molar-refractivity contribution in [2.45, 2.75) is 63.8 Å². The van der Waals surface area contributed by atoms with Crippen molar-refractivity contribution >= 4 is 11.8 Å². The Hall–Kier alpha value is -2.04. The number of ether oxygens (including phenoxy) is 1. The highest BCUT2D eigenvalue weighted by Crippen LogP contribution is 2.60. The lowest BCUT2D eigenvalue weighted by Crippen LogP contribution is -2.53. The summed E-state index contributed by atoms with van der Waals surface area (Å²) in [6.07, 6.45) is 9.25. The van der Waals surface area contributed by atoms with Crippen LogP contribution in [0.2, 0.25) is 0 Å². The molecular formula is C24H32N2O3. The average molecular weight is 397 g/mol. The summed E-state index contributed by atoms with van der Waals surface area (Å²) in [5, 5.41) is 6.32. The van der Waals surface area contributed by atoms with Gasteiger partial charge in [-0.3, -0.25) is 9.59 Å². The van der Waals surface area contributed by atoms with Crippen molar-refractivity contribution in [3.8, 4) is 5.75 Å². The van der Waals surface area contributed by atoms with E-state index in [0.717, 1.165) is 54.7 Å². The first-order valence-electron chi connectivity index (χ1n) is 11.4. The van der Waals surface area contributed by atoms with Crippen molar-refractivity contribution in [1.29, 1.82) is 0 Å². The number of para-hydroxylation sites is 1. The maximum absolute atomic E-state index is 13.0. The van der Waals surface area contributed by atoms with Crippen molar-refractivity contribution in [2.75, 3.05) is 13.2 Å². The maximum atomic E-state index is 13.0. The molecule has 4 saturated carbocycles. The zero-order valence-electron chi connectivity index (χ0n) is 17.1. The molecule has 2 N–H and O–H groups in total. The highest BCUT2D eigenvalue weighted by atomic mass is 16.5. The van der Waals surface area contributed by atoms with Crippen LogP contribution in [0.25, 0.3) is 0 Å². The van der Waals surface area contributed by atoms with Crippen molar-refractivity contribution < 1.29 is 14.3 Å². The Labute approximate surface area is 173 Å². The van der Waals surface area contributed by atoms with Crippen molar-refractivity contribution in [1.82, 2.24) is 10.6 Å². The molecule has 1 atom stereocenters. The van der Waals surface area contributed by atoms with Crippen molar-refractivity contribution in [2.24, 2.45) is 23.2 Å². The smallest absolute Gasteiger partial charge is 0.226 e. The van der Waals surface area contributed by atoms with Gasteiger partial charge in [-0.1, -0.05) is 18.2 Å². The topological polar surface area (TPSA) is 67.4 Å².